The predicted molar refractivity (Wildman–Crippen MR) is 107 cm³/mol. The maximum absolute atomic E-state index is 12.4. The van der Waals surface area contributed by atoms with Crippen LogP contribution in [0.2, 0.25) is 5.02 Å². The number of amides is 1. The van der Waals surface area contributed by atoms with Crippen molar-refractivity contribution in [3.63, 3.8) is 0 Å². The Morgan fingerprint density at radius 1 is 1.30 bits per heavy atom. The fraction of sp³-hybridized carbons (Fsp3) is 0.222. The van der Waals surface area contributed by atoms with Gasteiger partial charge in [0.15, 0.2) is 5.65 Å². The molecule has 0 spiro atoms. The van der Waals surface area contributed by atoms with Gasteiger partial charge in [0, 0.05) is 15.6 Å². The van der Waals surface area contributed by atoms with Crippen molar-refractivity contribution in [1.29, 1.82) is 0 Å². The third-order valence-corrected chi connectivity index (χ3v) is 6.05. The predicted octanol–water partition coefficient (Wildman–Crippen LogP) is 3.32. The molecule has 0 aliphatic carbocycles. The van der Waals surface area contributed by atoms with E-state index in [0.717, 1.165) is 26.2 Å². The van der Waals surface area contributed by atoms with Crippen LogP contribution >= 0.6 is 22.9 Å². The summed E-state index contributed by atoms with van der Waals surface area (Å²) < 4.78 is 2.80. The summed E-state index contributed by atoms with van der Waals surface area (Å²) in [6.45, 7) is 5.69. The number of carbonyl (C=O) groups excluding carboxylic acids is 1. The molecule has 0 fully saturated rings. The fourth-order valence-electron chi connectivity index (χ4n) is 2.91. The lowest BCUT2D eigenvalue weighted by molar-refractivity contribution is -0.117. The average Bonchev–Trinajstić information content (AvgIpc) is 3.08. The van der Waals surface area contributed by atoms with E-state index in [-0.39, 0.29) is 12.5 Å². The second-order valence-corrected chi connectivity index (χ2v) is 7.95. The number of nitrogens with zero attached hydrogens (tertiary/aromatic N) is 4. The van der Waals surface area contributed by atoms with E-state index in [1.165, 1.54) is 15.5 Å². The van der Waals surface area contributed by atoms with Crippen molar-refractivity contribution in [2.45, 2.75) is 27.3 Å². The number of nitrogens with one attached hydrogen (secondary N) is 1. The normalized spacial score (nSPS) is 11.4. The Labute approximate surface area is 163 Å². The third kappa shape index (κ3) is 3.00. The molecule has 3 heterocycles. The minimum atomic E-state index is -0.496. The van der Waals surface area contributed by atoms with Crippen molar-refractivity contribution in [1.82, 2.24) is 19.2 Å². The van der Waals surface area contributed by atoms with Gasteiger partial charge in [-0.3, -0.25) is 4.79 Å². The molecule has 27 heavy (non-hydrogen) atoms. The molecule has 0 atom stereocenters. The van der Waals surface area contributed by atoms with E-state index in [4.69, 9.17) is 11.6 Å². The van der Waals surface area contributed by atoms with Crippen molar-refractivity contribution >= 4 is 50.4 Å². The van der Waals surface area contributed by atoms with Crippen LogP contribution in [0.1, 0.15) is 16.0 Å². The molecule has 1 aromatic carbocycles. The lowest BCUT2D eigenvalue weighted by Crippen LogP contribution is -2.28. The van der Waals surface area contributed by atoms with Crippen LogP contribution in [0, 0.1) is 20.8 Å². The Morgan fingerprint density at radius 3 is 2.81 bits per heavy atom. The van der Waals surface area contributed by atoms with Crippen LogP contribution in [0.4, 0.5) is 5.69 Å². The first kappa shape index (κ1) is 17.7. The lowest BCUT2D eigenvalue weighted by atomic mass is 10.2. The van der Waals surface area contributed by atoms with Crippen molar-refractivity contribution in [2.24, 2.45) is 0 Å². The van der Waals surface area contributed by atoms with Crippen molar-refractivity contribution in [2.75, 3.05) is 5.32 Å². The monoisotopic (exact) mass is 401 g/mol. The molecule has 9 heteroatoms. The summed E-state index contributed by atoms with van der Waals surface area (Å²) in [4.78, 5) is 35.3. The average molecular weight is 402 g/mol. The molecule has 4 rings (SSSR count). The zero-order chi connectivity index (χ0) is 19.3. The molecule has 0 radical (unpaired) electrons. The number of aromatic nitrogens is 4. The highest BCUT2D eigenvalue weighted by atomic mass is 35.5. The third-order valence-electron chi connectivity index (χ3n) is 4.52. The number of hydrogen-bond donors (Lipinski definition) is 1. The van der Waals surface area contributed by atoms with Gasteiger partial charge >= 0.3 is 5.69 Å². The van der Waals surface area contributed by atoms with E-state index in [2.05, 4.69) is 15.3 Å². The van der Waals surface area contributed by atoms with Gasteiger partial charge in [-0.05, 0) is 44.0 Å². The number of halogens is 1. The van der Waals surface area contributed by atoms with Gasteiger partial charge in [0.25, 0.3) is 0 Å². The first-order valence-electron chi connectivity index (χ1n) is 8.25. The highest BCUT2D eigenvalue weighted by Crippen LogP contribution is 2.30. The van der Waals surface area contributed by atoms with Gasteiger partial charge in [0.1, 0.15) is 17.7 Å². The maximum atomic E-state index is 12.4. The van der Waals surface area contributed by atoms with Crippen LogP contribution in [0.5, 0.6) is 0 Å². The molecule has 1 N–H and O–H groups in total. The zero-order valence-electron chi connectivity index (χ0n) is 14.9. The van der Waals surface area contributed by atoms with Gasteiger partial charge in [-0.15, -0.1) is 11.3 Å². The highest BCUT2D eigenvalue weighted by molar-refractivity contribution is 7.18. The van der Waals surface area contributed by atoms with E-state index in [1.54, 1.807) is 23.5 Å². The van der Waals surface area contributed by atoms with Crippen molar-refractivity contribution < 1.29 is 4.79 Å². The lowest BCUT2D eigenvalue weighted by Gasteiger charge is -2.08. The van der Waals surface area contributed by atoms with E-state index >= 15 is 0 Å². The van der Waals surface area contributed by atoms with Gasteiger partial charge in [-0.2, -0.15) is 4.98 Å². The summed E-state index contributed by atoms with van der Waals surface area (Å²) in [5.41, 5.74) is 2.55. The summed E-state index contributed by atoms with van der Waals surface area (Å²) in [6, 6.07) is 5.26. The first-order chi connectivity index (χ1) is 12.8. The number of rotatable bonds is 3. The number of thiophene rings is 1. The molecular weight excluding hydrogens is 386 g/mol. The molecule has 0 aliphatic rings. The Hall–Kier alpha value is -2.71. The topological polar surface area (TPSA) is 81.3 Å². The van der Waals surface area contributed by atoms with E-state index in [0.29, 0.717) is 16.4 Å². The highest BCUT2D eigenvalue weighted by Gasteiger charge is 2.17. The van der Waals surface area contributed by atoms with Gasteiger partial charge in [-0.25, -0.2) is 19.0 Å². The van der Waals surface area contributed by atoms with E-state index in [1.807, 2.05) is 26.8 Å². The number of benzene rings is 1. The van der Waals surface area contributed by atoms with E-state index < -0.39 is 5.69 Å². The largest absolute Gasteiger partial charge is 0.365 e. The van der Waals surface area contributed by atoms with Gasteiger partial charge < -0.3 is 5.32 Å². The molecule has 0 bridgehead atoms. The summed E-state index contributed by atoms with van der Waals surface area (Å²) in [5.74, 6) is -0.350. The summed E-state index contributed by atoms with van der Waals surface area (Å²) in [6.07, 6.45) is 1.53. The number of hydrogen-bond acceptors (Lipinski definition) is 5. The zero-order valence-corrected chi connectivity index (χ0v) is 16.5. The van der Waals surface area contributed by atoms with E-state index in [9.17, 15) is 9.59 Å². The van der Waals surface area contributed by atoms with Crippen LogP contribution in [0.3, 0.4) is 0 Å². The van der Waals surface area contributed by atoms with Crippen LogP contribution in [-0.2, 0) is 11.3 Å². The van der Waals surface area contributed by atoms with Crippen LogP contribution in [0.25, 0.3) is 15.9 Å². The molecule has 1 amide bonds. The molecule has 7 nitrogen and oxygen atoms in total. The quantitative estimate of drug-likeness (QED) is 0.571. The Kier molecular flexibility index (Phi) is 4.24. The van der Waals surface area contributed by atoms with Crippen molar-refractivity contribution in [3.05, 3.63) is 56.0 Å². The number of carbonyl (C=O) groups is 1. The molecule has 0 saturated heterocycles. The van der Waals surface area contributed by atoms with Crippen molar-refractivity contribution in [3.8, 4) is 0 Å². The maximum Gasteiger partial charge on any atom is 0.365 e. The molecule has 4 aromatic rings. The number of anilines is 1. The molecule has 0 unspecified atom stereocenters. The fourth-order valence-corrected chi connectivity index (χ4v) is 4.09. The minimum Gasteiger partial charge on any atom is -0.324 e. The summed E-state index contributed by atoms with van der Waals surface area (Å²) in [5, 5.41) is 4.16. The summed E-state index contributed by atoms with van der Waals surface area (Å²) in [7, 11) is 0. The SMILES string of the molecule is Cc1ccc(NC(=O)Cn2c(=O)nc3c4c(C)c(C)sc4ncn32)cc1Cl. The Morgan fingerprint density at radius 2 is 2.07 bits per heavy atom. The molecule has 0 saturated carbocycles. The minimum absolute atomic E-state index is 0.180. The number of fused-ring (bicyclic) bond motifs is 3. The van der Waals surface area contributed by atoms with Crippen LogP contribution in [0.15, 0.2) is 29.3 Å². The Balaban J connectivity index is 1.70. The number of aryl methyl sites for hydroxylation is 3. The van der Waals surface area contributed by atoms with Gasteiger partial charge in [0.05, 0.1) is 5.39 Å². The van der Waals surface area contributed by atoms with Gasteiger partial charge in [-0.1, -0.05) is 17.7 Å². The second kappa shape index (κ2) is 6.47. The van der Waals surface area contributed by atoms with Gasteiger partial charge in [0.2, 0.25) is 5.91 Å². The molecular formula is C18H16ClN5O2S. The first-order valence-corrected chi connectivity index (χ1v) is 9.44. The summed E-state index contributed by atoms with van der Waals surface area (Å²) >= 11 is 7.65. The smallest absolute Gasteiger partial charge is 0.324 e. The Bertz CT molecular complexity index is 1270. The molecule has 138 valence electrons. The van der Waals surface area contributed by atoms with Crippen LogP contribution < -0.4 is 11.0 Å². The standard InChI is InChI=1S/C18H16ClN5O2S/c1-9-4-5-12(6-13(9)19)21-14(25)7-23-18(26)22-16-15-10(2)11(3)27-17(15)20-8-24(16)23/h4-6,8H,7H2,1-3H3,(H,21,25). The second-order valence-electron chi connectivity index (χ2n) is 6.34. The molecule has 3 aromatic heterocycles. The van der Waals surface area contributed by atoms with Crippen LogP contribution in [-0.4, -0.2) is 25.1 Å². The molecule has 0 aliphatic heterocycles.